The minimum atomic E-state index is -1.20. The van der Waals surface area contributed by atoms with E-state index < -0.39 is 24.3 Å². The molecule has 0 fully saturated rings. The first-order valence-electron chi connectivity index (χ1n) is 5.09. The second-order valence-corrected chi connectivity index (χ2v) is 3.85. The minimum Gasteiger partial charge on any atom is -0.481 e. The summed E-state index contributed by atoms with van der Waals surface area (Å²) in [5.74, 6) is -3.52. The molecule has 0 amide bonds. The van der Waals surface area contributed by atoms with Crippen LogP contribution in [0.5, 0.6) is 0 Å². The molecule has 1 rings (SSSR count). The van der Waals surface area contributed by atoms with Crippen LogP contribution in [0.4, 0.5) is 0 Å². The van der Waals surface area contributed by atoms with E-state index in [9.17, 15) is 9.59 Å². The van der Waals surface area contributed by atoms with Gasteiger partial charge in [-0.15, -0.1) is 0 Å². The van der Waals surface area contributed by atoms with Gasteiger partial charge in [-0.1, -0.05) is 0 Å². The number of aryl methyl sites for hydroxylation is 3. The minimum absolute atomic E-state index is 0.225. The van der Waals surface area contributed by atoms with Crippen LogP contribution in [0.3, 0.4) is 0 Å². The molecule has 17 heavy (non-hydrogen) atoms. The molecule has 0 spiro atoms. The second kappa shape index (κ2) is 4.90. The molecule has 0 radical (unpaired) electrons. The lowest BCUT2D eigenvalue weighted by Gasteiger charge is -2.13. The van der Waals surface area contributed by atoms with Crippen LogP contribution in [0.15, 0.2) is 0 Å². The smallest absolute Gasteiger partial charge is 0.313 e. The number of carboxylic acid groups (broad SMARTS) is 2. The third kappa shape index (κ3) is 2.99. The molecule has 2 N–H and O–H groups in total. The van der Waals surface area contributed by atoms with Crippen LogP contribution in [0.25, 0.3) is 0 Å². The highest BCUT2D eigenvalue weighted by Crippen LogP contribution is 2.21. The molecule has 0 aliphatic heterocycles. The van der Waals surface area contributed by atoms with Crippen LogP contribution in [-0.4, -0.2) is 32.1 Å². The largest absolute Gasteiger partial charge is 0.481 e. The molecule has 92 valence electrons. The molecule has 1 aromatic heterocycles. The van der Waals surface area contributed by atoms with E-state index in [0.29, 0.717) is 17.1 Å². The number of hydrogen-bond donors (Lipinski definition) is 2. The standard InChI is InChI=1S/C11H14N2O4/c1-5-6(2)13-10(7(3)12-5)8(11(16)17)4-9(14)15/h8H,4H2,1-3H3,(H,14,15)(H,16,17). The van der Waals surface area contributed by atoms with Crippen molar-refractivity contribution in [2.24, 2.45) is 0 Å². The summed E-state index contributed by atoms with van der Waals surface area (Å²) < 4.78 is 0. The van der Waals surface area contributed by atoms with Crippen LogP contribution in [0.1, 0.15) is 35.1 Å². The Hall–Kier alpha value is -1.98. The summed E-state index contributed by atoms with van der Waals surface area (Å²) in [6.45, 7) is 5.11. The predicted octanol–water partition coefficient (Wildman–Crippen LogP) is 1.04. The molecule has 0 saturated heterocycles. The Morgan fingerprint density at radius 2 is 1.59 bits per heavy atom. The van der Waals surface area contributed by atoms with Crippen molar-refractivity contribution in [2.45, 2.75) is 33.1 Å². The van der Waals surface area contributed by atoms with Gasteiger partial charge >= 0.3 is 11.9 Å². The van der Waals surface area contributed by atoms with Crippen molar-refractivity contribution in [3.8, 4) is 0 Å². The third-order valence-electron chi connectivity index (χ3n) is 2.52. The van der Waals surface area contributed by atoms with Gasteiger partial charge in [0.1, 0.15) is 5.92 Å². The molecule has 0 bridgehead atoms. The first-order valence-corrected chi connectivity index (χ1v) is 5.09. The summed E-state index contributed by atoms with van der Waals surface area (Å²) in [6.07, 6.45) is -0.493. The molecular formula is C11H14N2O4. The van der Waals surface area contributed by atoms with Crippen molar-refractivity contribution in [1.82, 2.24) is 9.97 Å². The Morgan fingerprint density at radius 3 is 2.06 bits per heavy atom. The van der Waals surface area contributed by atoms with E-state index in [2.05, 4.69) is 9.97 Å². The maximum Gasteiger partial charge on any atom is 0.313 e. The quantitative estimate of drug-likeness (QED) is 0.813. The Balaban J connectivity index is 3.23. The lowest BCUT2D eigenvalue weighted by atomic mass is 9.99. The molecule has 6 heteroatoms. The maximum atomic E-state index is 11.1. The van der Waals surface area contributed by atoms with Gasteiger partial charge in [0.2, 0.25) is 0 Å². The Labute approximate surface area is 98.3 Å². The van der Waals surface area contributed by atoms with Gasteiger partial charge in [-0.25, -0.2) is 0 Å². The van der Waals surface area contributed by atoms with Gasteiger partial charge < -0.3 is 10.2 Å². The normalized spacial score (nSPS) is 12.2. The highest BCUT2D eigenvalue weighted by molar-refractivity contribution is 5.82. The number of carboxylic acids is 2. The van der Waals surface area contributed by atoms with Crippen molar-refractivity contribution in [1.29, 1.82) is 0 Å². The predicted molar refractivity (Wildman–Crippen MR) is 58.9 cm³/mol. The van der Waals surface area contributed by atoms with Crippen molar-refractivity contribution in [2.75, 3.05) is 0 Å². The van der Waals surface area contributed by atoms with Crippen molar-refractivity contribution in [3.63, 3.8) is 0 Å². The average Bonchev–Trinajstić information content (AvgIpc) is 2.20. The molecule has 6 nitrogen and oxygen atoms in total. The summed E-state index contributed by atoms with van der Waals surface area (Å²) >= 11 is 0. The summed E-state index contributed by atoms with van der Waals surface area (Å²) in [7, 11) is 0. The molecule has 0 aromatic carbocycles. The van der Waals surface area contributed by atoms with E-state index in [1.54, 1.807) is 20.8 Å². The van der Waals surface area contributed by atoms with E-state index in [1.807, 2.05) is 0 Å². The number of carbonyl (C=O) groups is 2. The molecule has 0 aliphatic carbocycles. The second-order valence-electron chi connectivity index (χ2n) is 3.85. The monoisotopic (exact) mass is 238 g/mol. The topological polar surface area (TPSA) is 100 Å². The first-order chi connectivity index (χ1) is 7.82. The molecule has 1 atom stereocenters. The third-order valence-corrected chi connectivity index (χ3v) is 2.52. The molecular weight excluding hydrogens is 224 g/mol. The number of aliphatic carboxylic acids is 2. The van der Waals surface area contributed by atoms with Gasteiger partial charge in [0.25, 0.3) is 0 Å². The highest BCUT2D eigenvalue weighted by Gasteiger charge is 2.27. The zero-order valence-electron chi connectivity index (χ0n) is 9.89. The maximum absolute atomic E-state index is 11.1. The molecule has 1 aromatic rings. The fourth-order valence-corrected chi connectivity index (χ4v) is 1.54. The van der Waals surface area contributed by atoms with E-state index in [4.69, 9.17) is 10.2 Å². The van der Waals surface area contributed by atoms with Crippen molar-refractivity contribution in [3.05, 3.63) is 22.8 Å². The van der Waals surface area contributed by atoms with Gasteiger partial charge in [-0.2, -0.15) is 0 Å². The SMILES string of the molecule is Cc1nc(C)c(C(CC(=O)O)C(=O)O)nc1C. The van der Waals surface area contributed by atoms with Gasteiger partial charge in [0.15, 0.2) is 0 Å². The van der Waals surface area contributed by atoms with E-state index in [-0.39, 0.29) is 5.69 Å². The summed E-state index contributed by atoms with van der Waals surface area (Å²) in [6, 6.07) is 0. The highest BCUT2D eigenvalue weighted by atomic mass is 16.4. The Bertz CT molecular complexity index is 471. The lowest BCUT2D eigenvalue weighted by Crippen LogP contribution is -2.19. The molecule has 0 aliphatic rings. The number of rotatable bonds is 4. The van der Waals surface area contributed by atoms with Crippen LogP contribution in [0, 0.1) is 20.8 Å². The Kier molecular flexibility index (Phi) is 3.77. The molecule has 0 saturated carbocycles. The number of hydrogen-bond acceptors (Lipinski definition) is 4. The fraction of sp³-hybridized carbons (Fsp3) is 0.455. The summed E-state index contributed by atoms with van der Waals surface area (Å²) in [4.78, 5) is 30.0. The van der Waals surface area contributed by atoms with Gasteiger partial charge in [0, 0.05) is 0 Å². The first kappa shape index (κ1) is 13.1. The van der Waals surface area contributed by atoms with Gasteiger partial charge in [-0.05, 0) is 20.8 Å². The van der Waals surface area contributed by atoms with Crippen molar-refractivity contribution < 1.29 is 19.8 Å². The fourth-order valence-electron chi connectivity index (χ4n) is 1.54. The van der Waals surface area contributed by atoms with E-state index in [0.717, 1.165) is 0 Å². The average molecular weight is 238 g/mol. The van der Waals surface area contributed by atoms with Crippen molar-refractivity contribution >= 4 is 11.9 Å². The van der Waals surface area contributed by atoms with E-state index >= 15 is 0 Å². The summed E-state index contributed by atoms with van der Waals surface area (Å²) in [5.41, 5.74) is 2.01. The van der Waals surface area contributed by atoms with Crippen LogP contribution < -0.4 is 0 Å². The molecule has 1 unspecified atom stereocenters. The zero-order valence-corrected chi connectivity index (χ0v) is 9.89. The van der Waals surface area contributed by atoms with Crippen LogP contribution >= 0.6 is 0 Å². The van der Waals surface area contributed by atoms with Crippen LogP contribution in [-0.2, 0) is 9.59 Å². The van der Waals surface area contributed by atoms with Gasteiger partial charge in [-0.3, -0.25) is 19.6 Å². The zero-order chi connectivity index (χ0) is 13.2. The van der Waals surface area contributed by atoms with Gasteiger partial charge in [0.05, 0.1) is 29.2 Å². The Morgan fingerprint density at radius 1 is 1.06 bits per heavy atom. The van der Waals surface area contributed by atoms with Crippen LogP contribution in [0.2, 0.25) is 0 Å². The molecule has 1 heterocycles. The number of aromatic nitrogens is 2. The lowest BCUT2D eigenvalue weighted by molar-refractivity contribution is -0.145. The van der Waals surface area contributed by atoms with E-state index in [1.165, 1.54) is 0 Å². The number of nitrogens with zero attached hydrogens (tertiary/aromatic N) is 2. The summed E-state index contributed by atoms with van der Waals surface area (Å²) in [5, 5.41) is 17.7.